The van der Waals surface area contributed by atoms with Crippen LogP contribution in [0.4, 0.5) is 18.0 Å². The van der Waals surface area contributed by atoms with Gasteiger partial charge in [0.1, 0.15) is 17.5 Å². The van der Waals surface area contributed by atoms with E-state index in [1.54, 1.807) is 12.1 Å². The van der Waals surface area contributed by atoms with Crippen molar-refractivity contribution in [3.05, 3.63) is 59.5 Å². The minimum Gasteiger partial charge on any atom is -0.468 e. The van der Waals surface area contributed by atoms with Crippen LogP contribution in [0.2, 0.25) is 0 Å². The number of rotatable bonds is 7. The van der Waals surface area contributed by atoms with Crippen LogP contribution in [-0.4, -0.2) is 24.9 Å². The van der Waals surface area contributed by atoms with Gasteiger partial charge >= 0.3 is 18.2 Å². The van der Waals surface area contributed by atoms with Crippen molar-refractivity contribution in [2.45, 2.75) is 25.7 Å². The van der Waals surface area contributed by atoms with Gasteiger partial charge in [-0.2, -0.15) is 13.2 Å². The summed E-state index contributed by atoms with van der Waals surface area (Å²) in [6.45, 7) is 1.09. The molecule has 0 bridgehead atoms. The first kappa shape index (κ1) is 22.0. The minimum atomic E-state index is -4.64. The topological polar surface area (TPSA) is 97.6 Å². The SMILES string of the molecule is COC(=O)C(C(C)=O)[C@H](NC(=O)NCc1ccco1)c1cccc(C(F)(F)F)c1. The summed E-state index contributed by atoms with van der Waals surface area (Å²) >= 11 is 0. The summed E-state index contributed by atoms with van der Waals surface area (Å²) in [7, 11) is 1.04. The molecule has 0 radical (unpaired) electrons. The van der Waals surface area contributed by atoms with E-state index in [1.165, 1.54) is 12.3 Å². The molecule has 0 fully saturated rings. The molecule has 1 aromatic heterocycles. The molecule has 0 aliphatic rings. The number of alkyl halides is 3. The fourth-order valence-electron chi connectivity index (χ4n) is 2.70. The molecule has 7 nitrogen and oxygen atoms in total. The predicted molar refractivity (Wildman–Crippen MR) is 94.5 cm³/mol. The number of urea groups is 1. The Hall–Kier alpha value is -3.30. The molecule has 2 atom stereocenters. The Balaban J connectivity index is 2.33. The maximum Gasteiger partial charge on any atom is 0.416 e. The Bertz CT molecular complexity index is 865. The highest BCUT2D eigenvalue weighted by Gasteiger charge is 2.37. The van der Waals surface area contributed by atoms with Crippen molar-refractivity contribution >= 4 is 17.8 Å². The highest BCUT2D eigenvalue weighted by atomic mass is 19.4. The first-order chi connectivity index (χ1) is 13.6. The standard InChI is InChI=1S/C19H19F3N2O5/c1-11(25)15(17(26)28-2)16(12-5-3-6-13(9-12)19(20,21)22)24-18(27)23-10-14-7-4-8-29-14/h3-9,15-16H,10H2,1-2H3,(H2,23,24,27)/t15?,16-/m1/s1. The summed E-state index contributed by atoms with van der Waals surface area (Å²) in [5, 5.41) is 4.84. The summed E-state index contributed by atoms with van der Waals surface area (Å²) in [6, 6.07) is 5.07. The van der Waals surface area contributed by atoms with Gasteiger partial charge in [-0.25, -0.2) is 4.79 Å². The third-order valence-electron chi connectivity index (χ3n) is 4.09. The maximum atomic E-state index is 13.1. The Labute approximate surface area is 164 Å². The van der Waals surface area contributed by atoms with Crippen LogP contribution < -0.4 is 10.6 Å². The van der Waals surface area contributed by atoms with Crippen molar-refractivity contribution in [2.75, 3.05) is 7.11 Å². The van der Waals surface area contributed by atoms with Crippen molar-refractivity contribution in [1.29, 1.82) is 0 Å². The number of carbonyl (C=O) groups excluding carboxylic acids is 3. The molecule has 2 N–H and O–H groups in total. The Kier molecular flexibility index (Phi) is 7.03. The van der Waals surface area contributed by atoms with Crippen LogP contribution in [-0.2, 0) is 27.0 Å². The molecular weight excluding hydrogens is 393 g/mol. The number of Topliss-reactive ketones (excluding diaryl/α,β-unsaturated/α-hetero) is 1. The summed E-state index contributed by atoms with van der Waals surface area (Å²) in [6.07, 6.45) is -3.23. The molecule has 1 unspecified atom stereocenters. The van der Waals surface area contributed by atoms with Gasteiger partial charge in [-0.05, 0) is 36.8 Å². The molecule has 156 valence electrons. The van der Waals surface area contributed by atoms with Crippen LogP contribution in [0.1, 0.15) is 29.9 Å². The molecule has 0 saturated heterocycles. The molecular formula is C19H19F3N2O5. The quantitative estimate of drug-likeness (QED) is 0.538. The number of amides is 2. The summed E-state index contributed by atoms with van der Waals surface area (Å²) in [4.78, 5) is 36.5. The van der Waals surface area contributed by atoms with Gasteiger partial charge in [-0.15, -0.1) is 0 Å². The monoisotopic (exact) mass is 412 g/mol. The number of furan rings is 1. The van der Waals surface area contributed by atoms with E-state index >= 15 is 0 Å². The van der Waals surface area contributed by atoms with Crippen LogP contribution in [0.25, 0.3) is 0 Å². The van der Waals surface area contributed by atoms with E-state index in [2.05, 4.69) is 15.4 Å². The third kappa shape index (κ3) is 5.84. The largest absolute Gasteiger partial charge is 0.468 e. The lowest BCUT2D eigenvalue weighted by molar-refractivity contribution is -0.150. The molecule has 2 rings (SSSR count). The van der Waals surface area contributed by atoms with E-state index < -0.39 is 41.5 Å². The summed E-state index contributed by atoms with van der Waals surface area (Å²) in [5.74, 6) is -2.75. The number of ketones is 1. The van der Waals surface area contributed by atoms with E-state index in [0.717, 1.165) is 32.2 Å². The van der Waals surface area contributed by atoms with Crippen LogP contribution in [0.3, 0.4) is 0 Å². The fraction of sp³-hybridized carbons (Fsp3) is 0.316. The van der Waals surface area contributed by atoms with Gasteiger partial charge in [0.2, 0.25) is 0 Å². The molecule has 2 amide bonds. The molecule has 2 aromatic rings. The minimum absolute atomic E-state index is 0.00287. The first-order valence-corrected chi connectivity index (χ1v) is 8.45. The number of nitrogens with one attached hydrogen (secondary N) is 2. The third-order valence-corrected chi connectivity index (χ3v) is 4.09. The lowest BCUT2D eigenvalue weighted by Crippen LogP contribution is -2.44. The van der Waals surface area contributed by atoms with E-state index in [4.69, 9.17) is 4.42 Å². The van der Waals surface area contributed by atoms with Crippen LogP contribution >= 0.6 is 0 Å². The zero-order chi connectivity index (χ0) is 21.6. The van der Waals surface area contributed by atoms with Crippen LogP contribution in [0.5, 0.6) is 0 Å². The number of hydrogen-bond donors (Lipinski definition) is 2. The van der Waals surface area contributed by atoms with Crippen molar-refractivity contribution in [3.8, 4) is 0 Å². The maximum absolute atomic E-state index is 13.1. The van der Waals surface area contributed by atoms with Crippen LogP contribution in [0, 0.1) is 5.92 Å². The Morgan fingerprint density at radius 3 is 2.45 bits per heavy atom. The summed E-state index contributed by atoms with van der Waals surface area (Å²) in [5.41, 5.74) is -1.05. The summed E-state index contributed by atoms with van der Waals surface area (Å²) < 4.78 is 48.9. The number of esters is 1. The van der Waals surface area contributed by atoms with Gasteiger partial charge in [0, 0.05) is 0 Å². The van der Waals surface area contributed by atoms with Crippen molar-refractivity contribution in [3.63, 3.8) is 0 Å². The zero-order valence-electron chi connectivity index (χ0n) is 15.6. The lowest BCUT2D eigenvalue weighted by atomic mass is 9.89. The van der Waals surface area contributed by atoms with Crippen molar-refractivity contribution in [2.24, 2.45) is 5.92 Å². The Morgan fingerprint density at radius 1 is 1.17 bits per heavy atom. The number of carbonyl (C=O) groups is 3. The van der Waals surface area contributed by atoms with Crippen molar-refractivity contribution < 1.29 is 36.7 Å². The number of ether oxygens (including phenoxy) is 1. The molecule has 0 aliphatic heterocycles. The van der Waals surface area contributed by atoms with E-state index in [-0.39, 0.29) is 12.1 Å². The molecule has 10 heteroatoms. The van der Waals surface area contributed by atoms with E-state index in [9.17, 15) is 27.6 Å². The number of benzene rings is 1. The van der Waals surface area contributed by atoms with E-state index in [1.807, 2.05) is 0 Å². The highest BCUT2D eigenvalue weighted by molar-refractivity contribution is 5.99. The van der Waals surface area contributed by atoms with Crippen LogP contribution in [0.15, 0.2) is 47.1 Å². The molecule has 0 aliphatic carbocycles. The van der Waals surface area contributed by atoms with Gasteiger partial charge in [-0.3, -0.25) is 9.59 Å². The van der Waals surface area contributed by atoms with Crippen molar-refractivity contribution in [1.82, 2.24) is 10.6 Å². The number of halogens is 3. The number of hydrogen-bond acceptors (Lipinski definition) is 5. The molecule has 0 spiro atoms. The second-order valence-corrected chi connectivity index (χ2v) is 6.12. The average Bonchev–Trinajstić information content (AvgIpc) is 3.18. The lowest BCUT2D eigenvalue weighted by Gasteiger charge is -2.25. The Morgan fingerprint density at radius 2 is 1.90 bits per heavy atom. The molecule has 1 heterocycles. The molecule has 0 saturated carbocycles. The van der Waals surface area contributed by atoms with Gasteiger partial charge in [0.05, 0.1) is 31.5 Å². The molecule has 29 heavy (non-hydrogen) atoms. The smallest absolute Gasteiger partial charge is 0.416 e. The van der Waals surface area contributed by atoms with Gasteiger partial charge in [-0.1, -0.05) is 12.1 Å². The molecule has 1 aromatic carbocycles. The van der Waals surface area contributed by atoms with E-state index in [0.29, 0.717) is 5.76 Å². The van der Waals surface area contributed by atoms with Gasteiger partial charge in [0.15, 0.2) is 0 Å². The zero-order valence-corrected chi connectivity index (χ0v) is 15.6. The number of methoxy groups -OCH3 is 1. The normalized spacial score (nSPS) is 13.3. The first-order valence-electron chi connectivity index (χ1n) is 8.45. The average molecular weight is 412 g/mol. The van der Waals surface area contributed by atoms with Gasteiger partial charge < -0.3 is 19.8 Å². The highest BCUT2D eigenvalue weighted by Crippen LogP contribution is 2.32. The fourth-order valence-corrected chi connectivity index (χ4v) is 2.70. The second kappa shape index (κ2) is 9.26. The predicted octanol–water partition coefficient (Wildman–Crippen LogP) is 3.22. The van der Waals surface area contributed by atoms with Gasteiger partial charge in [0.25, 0.3) is 0 Å². The second-order valence-electron chi connectivity index (χ2n) is 6.12.